The highest BCUT2D eigenvalue weighted by Crippen LogP contribution is 1.87. The first-order valence-corrected chi connectivity index (χ1v) is 4.00. The molecule has 0 aliphatic carbocycles. The molecular weight excluding hydrogens is 190 g/mol. The number of rotatable bonds is 5. The maximum absolute atomic E-state index is 10.9. The predicted octanol–water partition coefficient (Wildman–Crippen LogP) is -1.87. The van der Waals surface area contributed by atoms with Crippen molar-refractivity contribution in [3.8, 4) is 0 Å². The van der Waals surface area contributed by atoms with Gasteiger partial charge in [0.15, 0.2) is 0 Å². The molecule has 0 aromatic carbocycles. The number of nitrogens with one attached hydrogen (secondary N) is 3. The van der Waals surface area contributed by atoms with E-state index in [1.807, 2.05) is 0 Å². The molecule has 0 radical (unpaired) electrons. The highest BCUT2D eigenvalue weighted by atomic mass is 16.5. The van der Waals surface area contributed by atoms with E-state index in [1.165, 1.54) is 12.5 Å². The Morgan fingerprint density at radius 1 is 1.07 bits per heavy atom. The third kappa shape index (κ3) is 5.95. The van der Waals surface area contributed by atoms with E-state index < -0.39 is 11.8 Å². The van der Waals surface area contributed by atoms with Gasteiger partial charge in [-0.05, 0) is 0 Å². The van der Waals surface area contributed by atoms with Crippen LogP contribution in [0.5, 0.6) is 0 Å². The lowest BCUT2D eigenvalue weighted by atomic mass is 10.3. The second-order valence-corrected chi connectivity index (χ2v) is 2.48. The summed E-state index contributed by atoms with van der Waals surface area (Å²) in [6.45, 7) is -0.115. The fourth-order valence-corrected chi connectivity index (χ4v) is 0.639. The van der Waals surface area contributed by atoms with E-state index in [4.69, 9.17) is 5.21 Å². The summed E-state index contributed by atoms with van der Waals surface area (Å²) in [4.78, 5) is 32.1. The van der Waals surface area contributed by atoms with Crippen LogP contribution in [0.2, 0.25) is 0 Å². The molecule has 0 unspecified atom stereocenters. The van der Waals surface area contributed by atoms with Crippen molar-refractivity contribution in [3.05, 3.63) is 0 Å². The average Bonchev–Trinajstić information content (AvgIpc) is 2.22. The molecule has 0 atom stereocenters. The Labute approximate surface area is 80.8 Å². The maximum atomic E-state index is 10.9. The Hall–Kier alpha value is -1.63. The summed E-state index contributed by atoms with van der Waals surface area (Å²) in [5.41, 5.74) is 1.40. The minimum Gasteiger partial charge on any atom is -0.358 e. The fourth-order valence-electron chi connectivity index (χ4n) is 0.639. The highest BCUT2D eigenvalue weighted by Gasteiger charge is 2.06. The molecule has 0 heterocycles. The number of amides is 3. The topological polar surface area (TPSA) is 108 Å². The van der Waals surface area contributed by atoms with Crippen LogP contribution in [0.1, 0.15) is 12.8 Å². The molecule has 0 aliphatic rings. The Balaban J connectivity index is 3.56. The van der Waals surface area contributed by atoms with Crippen molar-refractivity contribution in [3.63, 3.8) is 0 Å². The molecule has 0 bridgehead atoms. The normalized spacial score (nSPS) is 9.00. The van der Waals surface area contributed by atoms with Crippen molar-refractivity contribution >= 4 is 17.7 Å². The van der Waals surface area contributed by atoms with E-state index in [9.17, 15) is 14.4 Å². The zero-order chi connectivity index (χ0) is 11.0. The minimum absolute atomic E-state index is 0.0661. The van der Waals surface area contributed by atoms with Gasteiger partial charge < -0.3 is 10.6 Å². The largest absolute Gasteiger partial charge is 0.358 e. The van der Waals surface area contributed by atoms with Gasteiger partial charge in [0.1, 0.15) is 0 Å². The molecule has 7 heteroatoms. The number of carbonyl (C=O) groups excluding carboxylic acids is 3. The Morgan fingerprint density at radius 2 is 1.64 bits per heavy atom. The Bertz CT molecular complexity index is 207. The van der Waals surface area contributed by atoms with Crippen molar-refractivity contribution in [2.45, 2.75) is 12.8 Å². The van der Waals surface area contributed by atoms with Crippen LogP contribution < -0.4 is 16.1 Å². The van der Waals surface area contributed by atoms with Gasteiger partial charge in [0.05, 0.1) is 6.54 Å². The average molecular weight is 203 g/mol. The Morgan fingerprint density at radius 3 is 2.14 bits per heavy atom. The molecule has 0 saturated carbocycles. The first-order valence-electron chi connectivity index (χ1n) is 4.00. The molecule has 3 amide bonds. The molecule has 0 aliphatic heterocycles. The van der Waals surface area contributed by atoms with Gasteiger partial charge in [-0.3, -0.25) is 19.6 Å². The first-order chi connectivity index (χ1) is 6.60. The summed E-state index contributed by atoms with van der Waals surface area (Å²) in [5.74, 6) is -1.37. The van der Waals surface area contributed by atoms with Crippen molar-refractivity contribution in [1.29, 1.82) is 0 Å². The molecule has 0 fully saturated rings. The molecular formula is C7H13N3O4. The summed E-state index contributed by atoms with van der Waals surface area (Å²) < 4.78 is 0. The number of hydrogen-bond acceptors (Lipinski definition) is 4. The second-order valence-electron chi connectivity index (χ2n) is 2.48. The van der Waals surface area contributed by atoms with Crippen LogP contribution in [0.4, 0.5) is 0 Å². The van der Waals surface area contributed by atoms with Gasteiger partial charge in [0, 0.05) is 19.9 Å². The van der Waals surface area contributed by atoms with Gasteiger partial charge in [-0.25, -0.2) is 5.48 Å². The van der Waals surface area contributed by atoms with E-state index in [-0.39, 0.29) is 25.3 Å². The molecule has 7 nitrogen and oxygen atoms in total. The zero-order valence-electron chi connectivity index (χ0n) is 7.79. The summed E-state index contributed by atoms with van der Waals surface area (Å²) in [6, 6.07) is 0. The van der Waals surface area contributed by atoms with Crippen molar-refractivity contribution in [2.24, 2.45) is 0 Å². The maximum Gasteiger partial charge on any atom is 0.243 e. The SMILES string of the molecule is CNC(=O)CNC(=O)CCC(=O)NO. The minimum atomic E-state index is -0.639. The summed E-state index contributed by atoms with van der Waals surface area (Å²) in [5, 5.41) is 12.7. The van der Waals surface area contributed by atoms with Crippen molar-refractivity contribution < 1.29 is 19.6 Å². The van der Waals surface area contributed by atoms with E-state index in [2.05, 4.69) is 10.6 Å². The first kappa shape index (κ1) is 12.4. The van der Waals surface area contributed by atoms with E-state index in [0.717, 1.165) is 0 Å². The number of hydroxylamine groups is 1. The Kier molecular flexibility index (Phi) is 6.04. The van der Waals surface area contributed by atoms with Gasteiger partial charge in [-0.15, -0.1) is 0 Å². The van der Waals surface area contributed by atoms with Crippen LogP contribution in [0.3, 0.4) is 0 Å². The molecule has 0 spiro atoms. The van der Waals surface area contributed by atoms with Crippen LogP contribution in [0.25, 0.3) is 0 Å². The molecule has 0 rings (SSSR count). The number of hydrogen-bond donors (Lipinski definition) is 4. The summed E-state index contributed by atoms with van der Waals surface area (Å²) in [6.07, 6.45) is -0.181. The standard InChI is InChI=1S/C7H13N3O4/c1-8-7(13)4-9-5(11)2-3-6(12)10-14/h14H,2-4H2,1H3,(H,8,13)(H,9,11)(H,10,12). The second kappa shape index (κ2) is 6.84. The lowest BCUT2D eigenvalue weighted by Crippen LogP contribution is -2.35. The van der Waals surface area contributed by atoms with Gasteiger partial charge in [-0.1, -0.05) is 0 Å². The highest BCUT2D eigenvalue weighted by molar-refractivity contribution is 5.86. The monoisotopic (exact) mass is 203 g/mol. The molecule has 0 aromatic heterocycles. The molecule has 0 aromatic rings. The number of carbonyl (C=O) groups is 3. The van der Waals surface area contributed by atoms with Crippen LogP contribution in [-0.2, 0) is 14.4 Å². The van der Waals surface area contributed by atoms with Crippen LogP contribution >= 0.6 is 0 Å². The molecule has 80 valence electrons. The predicted molar refractivity (Wildman–Crippen MR) is 46.2 cm³/mol. The lowest BCUT2D eigenvalue weighted by Gasteiger charge is -2.03. The zero-order valence-corrected chi connectivity index (χ0v) is 7.79. The van der Waals surface area contributed by atoms with Crippen LogP contribution in [0, 0.1) is 0 Å². The summed E-state index contributed by atoms with van der Waals surface area (Å²) in [7, 11) is 1.45. The van der Waals surface area contributed by atoms with Gasteiger partial charge >= 0.3 is 0 Å². The van der Waals surface area contributed by atoms with Gasteiger partial charge in [0.25, 0.3) is 0 Å². The number of likely N-dealkylation sites (N-methyl/N-ethyl adjacent to an activating group) is 1. The van der Waals surface area contributed by atoms with Crippen LogP contribution in [0.15, 0.2) is 0 Å². The molecule has 0 saturated heterocycles. The van der Waals surface area contributed by atoms with E-state index in [1.54, 1.807) is 0 Å². The van der Waals surface area contributed by atoms with Gasteiger partial charge in [0.2, 0.25) is 17.7 Å². The fraction of sp³-hybridized carbons (Fsp3) is 0.571. The van der Waals surface area contributed by atoms with Crippen LogP contribution in [-0.4, -0.2) is 36.5 Å². The third-order valence-electron chi connectivity index (χ3n) is 1.43. The smallest absolute Gasteiger partial charge is 0.243 e. The third-order valence-corrected chi connectivity index (χ3v) is 1.43. The molecule has 14 heavy (non-hydrogen) atoms. The quantitative estimate of drug-likeness (QED) is 0.310. The van der Waals surface area contributed by atoms with Crippen molar-refractivity contribution in [2.75, 3.05) is 13.6 Å². The van der Waals surface area contributed by atoms with Crippen molar-refractivity contribution in [1.82, 2.24) is 16.1 Å². The van der Waals surface area contributed by atoms with Gasteiger partial charge in [-0.2, -0.15) is 0 Å². The lowest BCUT2D eigenvalue weighted by molar-refractivity contribution is -0.132. The van der Waals surface area contributed by atoms with E-state index in [0.29, 0.717) is 0 Å². The summed E-state index contributed by atoms with van der Waals surface area (Å²) >= 11 is 0. The van der Waals surface area contributed by atoms with E-state index >= 15 is 0 Å². The molecule has 4 N–H and O–H groups in total.